The molecule has 0 unspecified atom stereocenters. The average Bonchev–Trinajstić information content (AvgIpc) is 3.54. The lowest BCUT2D eigenvalue weighted by atomic mass is 9.95. The Morgan fingerprint density at radius 1 is 0.971 bits per heavy atom. The second-order valence-electron chi connectivity index (χ2n) is 9.21. The van der Waals surface area contributed by atoms with Crippen LogP contribution in [-0.2, 0) is 20.7 Å². The highest BCUT2D eigenvalue weighted by atomic mass is 16.6. The second kappa shape index (κ2) is 9.29. The summed E-state index contributed by atoms with van der Waals surface area (Å²) in [5, 5.41) is 0. The van der Waals surface area contributed by atoms with E-state index in [0.717, 1.165) is 35.1 Å². The number of carbonyl (C=O) groups excluding carboxylic acids is 2. The summed E-state index contributed by atoms with van der Waals surface area (Å²) >= 11 is 0. The van der Waals surface area contributed by atoms with Gasteiger partial charge in [-0.1, -0.05) is 18.2 Å². The third kappa shape index (κ3) is 4.25. The van der Waals surface area contributed by atoms with Crippen molar-refractivity contribution in [3.63, 3.8) is 0 Å². The molecule has 7 nitrogen and oxygen atoms in total. The van der Waals surface area contributed by atoms with Crippen molar-refractivity contribution < 1.29 is 33.3 Å². The maximum atomic E-state index is 12.7. The number of ether oxygens (including phenoxy) is 5. The molecule has 2 fully saturated rings. The number of ketones is 1. The van der Waals surface area contributed by atoms with Crippen LogP contribution in [0.3, 0.4) is 0 Å². The van der Waals surface area contributed by atoms with E-state index >= 15 is 0 Å². The predicted octanol–water partition coefficient (Wildman–Crippen LogP) is 4.38. The minimum Gasteiger partial charge on any atom is -0.493 e. The lowest BCUT2D eigenvalue weighted by molar-refractivity contribution is -0.161. The van der Waals surface area contributed by atoms with E-state index in [0.29, 0.717) is 56.1 Å². The highest BCUT2D eigenvalue weighted by Crippen LogP contribution is 2.48. The number of rotatable bonds is 8. The first-order valence-electron chi connectivity index (χ1n) is 11.9. The largest absolute Gasteiger partial charge is 0.493 e. The Balaban J connectivity index is 1.43. The second-order valence-corrected chi connectivity index (χ2v) is 9.21. The number of benzene rings is 2. The molecule has 2 aliphatic carbocycles. The van der Waals surface area contributed by atoms with Crippen LogP contribution in [0, 0.1) is 5.92 Å². The summed E-state index contributed by atoms with van der Waals surface area (Å²) in [6, 6.07) is 9.56. The minimum absolute atomic E-state index is 0.113. The summed E-state index contributed by atoms with van der Waals surface area (Å²) in [7, 11) is 3.16. The van der Waals surface area contributed by atoms with Crippen molar-refractivity contribution in [2.24, 2.45) is 5.92 Å². The number of hydrogen-bond donors (Lipinski definition) is 0. The lowest BCUT2D eigenvalue weighted by Gasteiger charge is -2.25. The molecular weight excluding hydrogens is 436 g/mol. The molecule has 2 aromatic rings. The Hall–Kier alpha value is -3.06. The molecule has 180 valence electrons. The van der Waals surface area contributed by atoms with Crippen LogP contribution < -0.4 is 14.2 Å². The van der Waals surface area contributed by atoms with Gasteiger partial charge in [0.25, 0.3) is 0 Å². The zero-order chi connectivity index (χ0) is 23.7. The third-order valence-corrected chi connectivity index (χ3v) is 7.03. The van der Waals surface area contributed by atoms with E-state index < -0.39 is 5.60 Å². The van der Waals surface area contributed by atoms with Gasteiger partial charge >= 0.3 is 5.97 Å². The molecule has 5 rings (SSSR count). The van der Waals surface area contributed by atoms with Gasteiger partial charge < -0.3 is 23.7 Å². The van der Waals surface area contributed by atoms with E-state index in [9.17, 15) is 9.59 Å². The van der Waals surface area contributed by atoms with Crippen molar-refractivity contribution in [3.05, 3.63) is 41.5 Å². The molecule has 2 aromatic carbocycles. The van der Waals surface area contributed by atoms with Crippen molar-refractivity contribution in [1.82, 2.24) is 0 Å². The molecule has 0 N–H and O–H groups in total. The molecule has 1 aliphatic heterocycles. The van der Waals surface area contributed by atoms with Gasteiger partial charge in [0.2, 0.25) is 5.75 Å². The van der Waals surface area contributed by atoms with E-state index in [1.807, 2.05) is 30.3 Å². The van der Waals surface area contributed by atoms with Crippen LogP contribution in [0.1, 0.15) is 48.0 Å². The summed E-state index contributed by atoms with van der Waals surface area (Å²) in [5.41, 5.74) is 2.95. The van der Waals surface area contributed by atoms with Gasteiger partial charge in [-0.15, -0.1) is 0 Å². The Bertz CT molecular complexity index is 1100. The molecule has 0 spiro atoms. The highest BCUT2D eigenvalue weighted by molar-refractivity contribution is 6.02. The zero-order valence-electron chi connectivity index (χ0n) is 19.7. The molecule has 0 radical (unpaired) electrons. The number of esters is 1. The van der Waals surface area contributed by atoms with Crippen molar-refractivity contribution >= 4 is 11.8 Å². The molecule has 34 heavy (non-hydrogen) atoms. The van der Waals surface area contributed by atoms with Crippen molar-refractivity contribution in [2.45, 2.75) is 44.1 Å². The van der Waals surface area contributed by atoms with E-state index in [1.165, 1.54) is 0 Å². The number of carbonyl (C=O) groups is 2. The van der Waals surface area contributed by atoms with Gasteiger partial charge in [-0.05, 0) is 55.4 Å². The molecular formula is C27H30O7. The standard InChI is InChI=1S/C27H30O7/c1-30-23-9-7-21(18-4-3-5-20-19(18)6-8-22(20)28)24(25(23)31-2)33-16-27(12-13-27)34-26(29)17-10-14-32-15-11-17/h3-5,7,9,17H,6,8,10-16H2,1-2H3. The Morgan fingerprint density at radius 2 is 1.74 bits per heavy atom. The third-order valence-electron chi connectivity index (χ3n) is 7.03. The molecule has 0 bridgehead atoms. The van der Waals surface area contributed by atoms with Crippen LogP contribution in [0.25, 0.3) is 11.1 Å². The summed E-state index contributed by atoms with van der Waals surface area (Å²) in [6.07, 6.45) is 4.13. The topological polar surface area (TPSA) is 80.3 Å². The Labute approximate surface area is 199 Å². The summed E-state index contributed by atoms with van der Waals surface area (Å²) in [4.78, 5) is 25.0. The molecule has 0 amide bonds. The van der Waals surface area contributed by atoms with Crippen molar-refractivity contribution in [1.29, 1.82) is 0 Å². The summed E-state index contributed by atoms with van der Waals surface area (Å²) < 4.78 is 28.9. The monoisotopic (exact) mass is 466 g/mol. The first kappa shape index (κ1) is 22.7. The van der Waals surface area contributed by atoms with Gasteiger partial charge in [-0.3, -0.25) is 9.59 Å². The summed E-state index contributed by atoms with van der Waals surface area (Å²) in [6.45, 7) is 1.42. The Kier molecular flexibility index (Phi) is 6.21. The number of methoxy groups -OCH3 is 2. The molecule has 7 heteroatoms. The van der Waals surface area contributed by atoms with Crippen LogP contribution in [0.2, 0.25) is 0 Å². The van der Waals surface area contributed by atoms with E-state index in [4.69, 9.17) is 23.7 Å². The van der Waals surface area contributed by atoms with E-state index in [-0.39, 0.29) is 24.3 Å². The number of fused-ring (bicyclic) bond motifs is 1. The predicted molar refractivity (Wildman–Crippen MR) is 125 cm³/mol. The molecule has 0 atom stereocenters. The van der Waals surface area contributed by atoms with Crippen LogP contribution in [-0.4, -0.2) is 51.4 Å². The molecule has 3 aliphatic rings. The average molecular weight is 467 g/mol. The van der Waals surface area contributed by atoms with Gasteiger partial charge in [-0.25, -0.2) is 0 Å². The normalized spacial score (nSPS) is 18.8. The van der Waals surface area contributed by atoms with Gasteiger partial charge in [0.15, 0.2) is 17.3 Å². The molecule has 1 heterocycles. The number of Topliss-reactive ketones (excluding diaryl/α,β-unsaturated/α-hetero) is 1. The first-order valence-corrected chi connectivity index (χ1v) is 11.9. The Morgan fingerprint density at radius 3 is 2.44 bits per heavy atom. The van der Waals surface area contributed by atoms with Crippen LogP contribution in [0.5, 0.6) is 17.2 Å². The summed E-state index contributed by atoms with van der Waals surface area (Å²) in [5.74, 6) is 1.45. The van der Waals surface area contributed by atoms with Gasteiger partial charge in [-0.2, -0.15) is 0 Å². The lowest BCUT2D eigenvalue weighted by Crippen LogP contribution is -2.33. The minimum atomic E-state index is -0.616. The fourth-order valence-corrected chi connectivity index (χ4v) is 4.85. The van der Waals surface area contributed by atoms with Crippen LogP contribution in [0.4, 0.5) is 0 Å². The van der Waals surface area contributed by atoms with Crippen LogP contribution in [0.15, 0.2) is 30.3 Å². The number of hydrogen-bond acceptors (Lipinski definition) is 7. The van der Waals surface area contributed by atoms with E-state index in [1.54, 1.807) is 14.2 Å². The van der Waals surface area contributed by atoms with Crippen LogP contribution >= 0.6 is 0 Å². The SMILES string of the molecule is COc1ccc(-c2cccc3c2CCC3=O)c(OCC2(OC(=O)C3CCOCC3)CC2)c1OC. The van der Waals surface area contributed by atoms with Crippen molar-refractivity contribution in [3.8, 4) is 28.4 Å². The molecule has 1 saturated carbocycles. The first-order chi connectivity index (χ1) is 16.5. The van der Waals surface area contributed by atoms with Gasteiger partial charge in [0, 0.05) is 30.8 Å². The van der Waals surface area contributed by atoms with E-state index in [2.05, 4.69) is 0 Å². The highest BCUT2D eigenvalue weighted by Gasteiger charge is 2.49. The molecule has 1 saturated heterocycles. The maximum Gasteiger partial charge on any atom is 0.309 e. The molecule has 0 aromatic heterocycles. The quantitative estimate of drug-likeness (QED) is 0.534. The maximum absolute atomic E-state index is 12.7. The smallest absolute Gasteiger partial charge is 0.309 e. The fraction of sp³-hybridized carbons (Fsp3) is 0.481. The van der Waals surface area contributed by atoms with Gasteiger partial charge in [0.1, 0.15) is 12.2 Å². The van der Waals surface area contributed by atoms with Gasteiger partial charge in [0.05, 0.1) is 20.1 Å². The fourth-order valence-electron chi connectivity index (χ4n) is 4.85. The zero-order valence-corrected chi connectivity index (χ0v) is 19.7. The van der Waals surface area contributed by atoms with Crippen molar-refractivity contribution in [2.75, 3.05) is 34.0 Å².